The molecule has 0 unspecified atom stereocenters. The van der Waals surface area contributed by atoms with Gasteiger partial charge in [0.2, 0.25) is 0 Å². The van der Waals surface area contributed by atoms with E-state index in [9.17, 15) is 9.90 Å². The quantitative estimate of drug-likeness (QED) is 0.748. The Morgan fingerprint density at radius 2 is 1.75 bits per heavy atom. The summed E-state index contributed by atoms with van der Waals surface area (Å²) in [7, 11) is 0. The van der Waals surface area contributed by atoms with Gasteiger partial charge in [-0.05, 0) is 23.8 Å². The third-order valence-electron chi connectivity index (χ3n) is 3.25. The van der Waals surface area contributed by atoms with Crippen molar-refractivity contribution in [3.63, 3.8) is 0 Å². The number of nitrogens with one attached hydrogen (secondary N) is 2. The van der Waals surface area contributed by atoms with Crippen LogP contribution in [0.3, 0.4) is 0 Å². The van der Waals surface area contributed by atoms with E-state index in [0.717, 1.165) is 6.42 Å². The number of benzene rings is 1. The molecular formula is C16H26N2O2. The first kappa shape index (κ1) is 16.5. The molecule has 2 amide bonds. The molecule has 112 valence electrons. The number of carbonyl (C=O) groups excluding carboxylic acids is 1. The molecule has 0 fully saturated rings. The summed E-state index contributed by atoms with van der Waals surface area (Å²) in [4.78, 5) is 11.6. The van der Waals surface area contributed by atoms with Crippen LogP contribution in [0.4, 0.5) is 4.79 Å². The molecule has 4 heteroatoms. The van der Waals surface area contributed by atoms with E-state index in [1.54, 1.807) is 0 Å². The van der Waals surface area contributed by atoms with E-state index in [2.05, 4.69) is 10.6 Å². The average Bonchev–Trinajstić information content (AvgIpc) is 2.38. The molecule has 0 radical (unpaired) electrons. The summed E-state index contributed by atoms with van der Waals surface area (Å²) >= 11 is 0. The van der Waals surface area contributed by atoms with E-state index >= 15 is 0 Å². The number of aliphatic hydroxyl groups is 1. The normalized spacial score (nSPS) is 12.8. The van der Waals surface area contributed by atoms with E-state index in [1.807, 2.05) is 51.1 Å². The van der Waals surface area contributed by atoms with Crippen molar-refractivity contribution in [3.05, 3.63) is 35.9 Å². The van der Waals surface area contributed by atoms with Crippen LogP contribution in [0, 0.1) is 5.41 Å². The van der Waals surface area contributed by atoms with Crippen LogP contribution in [0.1, 0.15) is 32.8 Å². The van der Waals surface area contributed by atoms with E-state index in [0.29, 0.717) is 19.5 Å². The number of hydrogen-bond acceptors (Lipinski definition) is 2. The van der Waals surface area contributed by atoms with Crippen LogP contribution < -0.4 is 10.6 Å². The van der Waals surface area contributed by atoms with Gasteiger partial charge in [-0.3, -0.25) is 0 Å². The summed E-state index contributed by atoms with van der Waals surface area (Å²) in [5, 5.41) is 15.4. The molecule has 0 saturated heterocycles. The van der Waals surface area contributed by atoms with Crippen LogP contribution in [0.15, 0.2) is 30.3 Å². The highest BCUT2D eigenvalue weighted by atomic mass is 16.3. The maximum Gasteiger partial charge on any atom is 0.314 e. The highest BCUT2D eigenvalue weighted by molar-refractivity contribution is 5.73. The molecule has 0 aliphatic carbocycles. The zero-order chi connectivity index (χ0) is 15.0. The topological polar surface area (TPSA) is 61.4 Å². The molecule has 1 rings (SSSR count). The summed E-state index contributed by atoms with van der Waals surface area (Å²) in [5.41, 5.74) is 1.06. The Kier molecular flexibility index (Phi) is 6.52. The minimum atomic E-state index is -0.410. The highest BCUT2D eigenvalue weighted by Gasteiger charge is 2.21. The van der Waals surface area contributed by atoms with Crippen molar-refractivity contribution in [2.24, 2.45) is 5.41 Å². The standard InChI is InChI=1S/C16H26N2O2/c1-16(2,3)14(19)10-12-18-15(20)17-11-9-13-7-5-4-6-8-13/h4-8,14,19H,9-12H2,1-3H3,(H2,17,18,20)/t14-/m1/s1. The van der Waals surface area contributed by atoms with Gasteiger partial charge in [0.25, 0.3) is 0 Å². The maximum atomic E-state index is 11.6. The Balaban J connectivity index is 2.12. The van der Waals surface area contributed by atoms with Gasteiger partial charge in [-0.2, -0.15) is 0 Å². The largest absolute Gasteiger partial charge is 0.393 e. The zero-order valence-electron chi connectivity index (χ0n) is 12.6. The van der Waals surface area contributed by atoms with Gasteiger partial charge >= 0.3 is 6.03 Å². The van der Waals surface area contributed by atoms with Gasteiger partial charge in [-0.15, -0.1) is 0 Å². The number of carbonyl (C=O) groups is 1. The molecule has 0 aliphatic heterocycles. The Labute approximate surface area is 121 Å². The minimum Gasteiger partial charge on any atom is -0.393 e. The summed E-state index contributed by atoms with van der Waals surface area (Å²) in [6, 6.07) is 9.86. The van der Waals surface area contributed by atoms with Crippen LogP contribution in [-0.4, -0.2) is 30.3 Å². The highest BCUT2D eigenvalue weighted by Crippen LogP contribution is 2.20. The zero-order valence-corrected chi connectivity index (χ0v) is 12.6. The van der Waals surface area contributed by atoms with E-state index in [-0.39, 0.29) is 11.4 Å². The van der Waals surface area contributed by atoms with Crippen molar-refractivity contribution in [3.8, 4) is 0 Å². The molecule has 3 N–H and O–H groups in total. The molecule has 1 atom stereocenters. The van der Waals surface area contributed by atoms with Crippen LogP contribution in [0.2, 0.25) is 0 Å². The lowest BCUT2D eigenvalue weighted by Gasteiger charge is -2.25. The fraction of sp³-hybridized carbons (Fsp3) is 0.562. The van der Waals surface area contributed by atoms with Crippen molar-refractivity contribution >= 4 is 6.03 Å². The third kappa shape index (κ3) is 6.57. The molecule has 0 saturated carbocycles. The molecule has 20 heavy (non-hydrogen) atoms. The van der Waals surface area contributed by atoms with Gasteiger partial charge in [0, 0.05) is 13.1 Å². The van der Waals surface area contributed by atoms with Crippen molar-refractivity contribution < 1.29 is 9.90 Å². The van der Waals surface area contributed by atoms with Crippen molar-refractivity contribution in [2.75, 3.05) is 13.1 Å². The fourth-order valence-corrected chi connectivity index (χ4v) is 1.78. The second-order valence-electron chi connectivity index (χ2n) is 6.09. The number of urea groups is 1. The molecule has 1 aromatic rings. The van der Waals surface area contributed by atoms with Gasteiger partial charge < -0.3 is 15.7 Å². The number of aliphatic hydroxyl groups excluding tert-OH is 1. The Morgan fingerprint density at radius 1 is 1.15 bits per heavy atom. The Morgan fingerprint density at radius 3 is 2.35 bits per heavy atom. The number of hydrogen-bond donors (Lipinski definition) is 3. The molecule has 1 aromatic carbocycles. The predicted molar refractivity (Wildman–Crippen MR) is 81.6 cm³/mol. The minimum absolute atomic E-state index is 0.147. The lowest BCUT2D eigenvalue weighted by molar-refractivity contribution is 0.0564. The van der Waals surface area contributed by atoms with Crippen LogP contribution >= 0.6 is 0 Å². The lowest BCUT2D eigenvalue weighted by atomic mass is 9.87. The SMILES string of the molecule is CC(C)(C)[C@H](O)CCNC(=O)NCCc1ccccc1. The second-order valence-corrected chi connectivity index (χ2v) is 6.09. The first-order valence-corrected chi connectivity index (χ1v) is 7.13. The third-order valence-corrected chi connectivity index (χ3v) is 3.25. The van der Waals surface area contributed by atoms with Gasteiger partial charge in [-0.25, -0.2) is 4.79 Å². The van der Waals surface area contributed by atoms with E-state index in [4.69, 9.17) is 0 Å². The maximum absolute atomic E-state index is 11.6. The fourth-order valence-electron chi connectivity index (χ4n) is 1.78. The Hall–Kier alpha value is -1.55. The monoisotopic (exact) mass is 278 g/mol. The first-order chi connectivity index (χ1) is 9.39. The van der Waals surface area contributed by atoms with Gasteiger partial charge in [0.1, 0.15) is 0 Å². The number of rotatable bonds is 6. The van der Waals surface area contributed by atoms with Crippen LogP contribution in [0.5, 0.6) is 0 Å². The van der Waals surface area contributed by atoms with Crippen molar-refractivity contribution in [2.45, 2.75) is 39.7 Å². The lowest BCUT2D eigenvalue weighted by Crippen LogP contribution is -2.39. The molecular weight excluding hydrogens is 252 g/mol. The second kappa shape index (κ2) is 7.90. The van der Waals surface area contributed by atoms with Crippen LogP contribution in [0.25, 0.3) is 0 Å². The van der Waals surface area contributed by atoms with Gasteiger partial charge in [0.15, 0.2) is 0 Å². The summed E-state index contributed by atoms with van der Waals surface area (Å²) in [6.07, 6.45) is 0.973. The molecule has 4 nitrogen and oxygen atoms in total. The molecule has 0 bridgehead atoms. The van der Waals surface area contributed by atoms with Crippen LogP contribution in [-0.2, 0) is 6.42 Å². The molecule has 0 aliphatic rings. The molecule has 0 spiro atoms. The smallest absolute Gasteiger partial charge is 0.314 e. The number of amides is 2. The molecule has 0 heterocycles. The van der Waals surface area contributed by atoms with E-state index < -0.39 is 6.10 Å². The van der Waals surface area contributed by atoms with Crippen molar-refractivity contribution in [1.82, 2.24) is 10.6 Å². The molecule has 0 aromatic heterocycles. The van der Waals surface area contributed by atoms with Gasteiger partial charge in [0.05, 0.1) is 6.10 Å². The summed E-state index contributed by atoms with van der Waals surface area (Å²) < 4.78 is 0. The van der Waals surface area contributed by atoms with Gasteiger partial charge in [-0.1, -0.05) is 51.1 Å². The Bertz CT molecular complexity index is 399. The van der Waals surface area contributed by atoms with Crippen molar-refractivity contribution in [1.29, 1.82) is 0 Å². The summed E-state index contributed by atoms with van der Waals surface area (Å²) in [5.74, 6) is 0. The predicted octanol–water partition coefficient (Wildman–Crippen LogP) is 2.33. The summed E-state index contributed by atoms with van der Waals surface area (Å²) in [6.45, 7) is 7.04. The first-order valence-electron chi connectivity index (χ1n) is 7.13. The van der Waals surface area contributed by atoms with E-state index in [1.165, 1.54) is 5.56 Å². The average molecular weight is 278 g/mol.